The van der Waals surface area contributed by atoms with E-state index in [1.54, 1.807) is 4.90 Å². The number of carbonyl (C=O) groups is 1. The minimum atomic E-state index is -3.37. The first-order valence-corrected chi connectivity index (χ1v) is 10.8. The highest BCUT2D eigenvalue weighted by atomic mass is 32.2. The van der Waals surface area contributed by atoms with Crippen LogP contribution in [0.1, 0.15) is 22.3 Å². The van der Waals surface area contributed by atoms with Crippen molar-refractivity contribution < 1.29 is 13.2 Å². The molecule has 0 aliphatic carbocycles. The third kappa shape index (κ3) is 5.17. The fourth-order valence-corrected chi connectivity index (χ4v) is 4.81. The van der Waals surface area contributed by atoms with E-state index in [-0.39, 0.29) is 11.7 Å². The molecule has 0 saturated carbocycles. The molecule has 1 aliphatic rings. The van der Waals surface area contributed by atoms with Crippen molar-refractivity contribution in [1.29, 1.82) is 0 Å². The highest BCUT2D eigenvalue weighted by Crippen LogP contribution is 2.15. The topological polar surface area (TPSA) is 57.7 Å². The molecule has 2 aromatic rings. The molecule has 1 fully saturated rings. The second-order valence-corrected chi connectivity index (χ2v) is 9.16. The average molecular weight is 387 g/mol. The van der Waals surface area contributed by atoms with Crippen molar-refractivity contribution in [2.24, 2.45) is 0 Å². The molecule has 1 aliphatic heterocycles. The van der Waals surface area contributed by atoms with Crippen molar-refractivity contribution in [3.05, 3.63) is 70.8 Å². The van der Waals surface area contributed by atoms with Crippen LogP contribution in [0.25, 0.3) is 0 Å². The summed E-state index contributed by atoms with van der Waals surface area (Å²) in [6.07, 6.45) is 0.357. The Balaban J connectivity index is 1.56. The first-order valence-electron chi connectivity index (χ1n) is 9.20. The Bertz CT molecular complexity index is 899. The number of amides is 1. The van der Waals surface area contributed by atoms with E-state index in [9.17, 15) is 13.2 Å². The lowest BCUT2D eigenvalue weighted by atomic mass is 10.1. The van der Waals surface area contributed by atoms with E-state index in [0.717, 1.165) is 16.7 Å². The van der Waals surface area contributed by atoms with Gasteiger partial charge < -0.3 is 4.90 Å². The van der Waals surface area contributed by atoms with Crippen LogP contribution >= 0.6 is 0 Å². The number of benzene rings is 2. The second-order valence-electron chi connectivity index (χ2n) is 7.19. The van der Waals surface area contributed by atoms with Crippen molar-refractivity contribution >= 4 is 15.9 Å². The molecule has 1 saturated heterocycles. The number of hydrogen-bond donors (Lipinski definition) is 0. The van der Waals surface area contributed by atoms with E-state index in [1.165, 1.54) is 9.87 Å². The second kappa shape index (κ2) is 8.23. The number of hydrogen-bond acceptors (Lipinski definition) is 3. The largest absolute Gasteiger partial charge is 0.340 e. The van der Waals surface area contributed by atoms with Crippen LogP contribution < -0.4 is 0 Å². The molecule has 3 rings (SSSR count). The van der Waals surface area contributed by atoms with Gasteiger partial charge in [0.2, 0.25) is 15.9 Å². The quantitative estimate of drug-likeness (QED) is 0.793. The third-order valence-electron chi connectivity index (χ3n) is 4.89. The maximum Gasteiger partial charge on any atom is 0.227 e. The lowest BCUT2D eigenvalue weighted by Crippen LogP contribution is -2.51. The van der Waals surface area contributed by atoms with Crippen LogP contribution in [0.5, 0.6) is 0 Å². The van der Waals surface area contributed by atoms with Gasteiger partial charge in [0.05, 0.1) is 12.2 Å². The van der Waals surface area contributed by atoms with Crippen molar-refractivity contribution in [2.45, 2.75) is 26.0 Å². The van der Waals surface area contributed by atoms with Crippen molar-refractivity contribution in [2.75, 3.05) is 26.2 Å². The molecule has 27 heavy (non-hydrogen) atoms. The van der Waals surface area contributed by atoms with E-state index < -0.39 is 10.0 Å². The van der Waals surface area contributed by atoms with Gasteiger partial charge in [0.1, 0.15) is 0 Å². The fourth-order valence-electron chi connectivity index (χ4n) is 3.31. The Morgan fingerprint density at radius 1 is 0.889 bits per heavy atom. The number of rotatable bonds is 5. The van der Waals surface area contributed by atoms with Crippen LogP contribution in [0.15, 0.2) is 48.5 Å². The monoisotopic (exact) mass is 386 g/mol. The molecule has 0 atom stereocenters. The summed E-state index contributed by atoms with van der Waals surface area (Å²) in [6.45, 7) is 5.56. The van der Waals surface area contributed by atoms with Crippen LogP contribution in [0.4, 0.5) is 0 Å². The summed E-state index contributed by atoms with van der Waals surface area (Å²) in [5.74, 6) is 0.0565. The minimum Gasteiger partial charge on any atom is -0.340 e. The summed E-state index contributed by atoms with van der Waals surface area (Å²) in [4.78, 5) is 14.3. The number of aryl methyl sites for hydroxylation is 2. The van der Waals surface area contributed by atoms with Crippen LogP contribution in [-0.4, -0.2) is 49.7 Å². The zero-order chi connectivity index (χ0) is 19.4. The van der Waals surface area contributed by atoms with E-state index in [2.05, 4.69) is 0 Å². The summed E-state index contributed by atoms with van der Waals surface area (Å²) >= 11 is 0. The van der Waals surface area contributed by atoms with Gasteiger partial charge in [0.15, 0.2) is 0 Å². The predicted molar refractivity (Wildman–Crippen MR) is 107 cm³/mol. The lowest BCUT2D eigenvalue weighted by molar-refractivity contribution is -0.131. The first-order chi connectivity index (χ1) is 12.8. The highest BCUT2D eigenvalue weighted by molar-refractivity contribution is 7.88. The van der Waals surface area contributed by atoms with Crippen molar-refractivity contribution in [3.63, 3.8) is 0 Å². The molecule has 6 heteroatoms. The van der Waals surface area contributed by atoms with Gasteiger partial charge in [-0.1, -0.05) is 59.7 Å². The summed E-state index contributed by atoms with van der Waals surface area (Å²) < 4.78 is 26.9. The van der Waals surface area contributed by atoms with Gasteiger partial charge in [0, 0.05) is 26.2 Å². The Morgan fingerprint density at radius 3 is 2.19 bits per heavy atom. The van der Waals surface area contributed by atoms with Crippen molar-refractivity contribution in [1.82, 2.24) is 9.21 Å². The fraction of sp³-hybridized carbons (Fsp3) is 0.381. The molecular weight excluding hydrogens is 360 g/mol. The number of sulfonamides is 1. The highest BCUT2D eigenvalue weighted by Gasteiger charge is 2.28. The van der Waals surface area contributed by atoms with Gasteiger partial charge in [-0.2, -0.15) is 4.31 Å². The molecule has 0 aromatic heterocycles. The molecule has 5 nitrogen and oxygen atoms in total. The average Bonchev–Trinajstić information content (AvgIpc) is 2.63. The number of nitrogens with zero attached hydrogens (tertiary/aromatic N) is 2. The van der Waals surface area contributed by atoms with E-state index in [0.29, 0.717) is 32.6 Å². The molecular formula is C21H26N2O3S. The van der Waals surface area contributed by atoms with E-state index in [1.807, 2.05) is 62.4 Å². The van der Waals surface area contributed by atoms with E-state index >= 15 is 0 Å². The summed E-state index contributed by atoms with van der Waals surface area (Å²) in [5, 5.41) is 0. The maximum absolute atomic E-state index is 12.7. The Morgan fingerprint density at radius 2 is 1.56 bits per heavy atom. The predicted octanol–water partition coefficient (Wildman–Crippen LogP) is 2.52. The summed E-state index contributed by atoms with van der Waals surface area (Å²) in [6, 6.07) is 15.5. The Labute approximate surface area is 161 Å². The molecule has 1 heterocycles. The van der Waals surface area contributed by atoms with E-state index in [4.69, 9.17) is 0 Å². The normalized spacial score (nSPS) is 15.7. The smallest absolute Gasteiger partial charge is 0.227 e. The third-order valence-corrected chi connectivity index (χ3v) is 6.74. The molecule has 0 radical (unpaired) electrons. The first kappa shape index (κ1) is 19.6. The van der Waals surface area contributed by atoms with Gasteiger partial charge >= 0.3 is 0 Å². The number of carbonyl (C=O) groups excluding carboxylic acids is 1. The molecule has 2 aromatic carbocycles. The van der Waals surface area contributed by atoms with Gasteiger partial charge in [0.25, 0.3) is 0 Å². The minimum absolute atomic E-state index is 0.00595. The Kier molecular flexibility index (Phi) is 5.97. The molecule has 0 bridgehead atoms. The van der Waals surface area contributed by atoms with Gasteiger partial charge in [-0.3, -0.25) is 4.79 Å². The molecule has 144 valence electrons. The van der Waals surface area contributed by atoms with Crippen molar-refractivity contribution in [3.8, 4) is 0 Å². The zero-order valence-electron chi connectivity index (χ0n) is 15.9. The van der Waals surface area contributed by atoms with Gasteiger partial charge in [-0.05, 0) is 25.0 Å². The summed E-state index contributed by atoms with van der Waals surface area (Å²) in [5.41, 5.74) is 4.00. The maximum atomic E-state index is 12.7. The molecule has 0 unspecified atom stereocenters. The molecule has 1 amide bonds. The van der Waals surface area contributed by atoms with Gasteiger partial charge in [-0.25, -0.2) is 8.42 Å². The van der Waals surface area contributed by atoms with Crippen LogP contribution in [0.3, 0.4) is 0 Å². The summed E-state index contributed by atoms with van der Waals surface area (Å²) in [7, 11) is -3.37. The SMILES string of the molecule is Cc1ccc(CC(=O)N2CCN(S(=O)(=O)Cc3cccc(C)c3)CC2)cc1. The number of piperazine rings is 1. The standard InChI is InChI=1S/C21H26N2O3S/c1-17-6-8-19(9-7-17)15-21(24)22-10-12-23(13-11-22)27(25,26)16-20-5-3-4-18(2)14-20/h3-9,14H,10-13,15-16H2,1-2H3. The Hall–Kier alpha value is -2.18. The van der Waals surface area contributed by atoms with Crippen LogP contribution in [-0.2, 0) is 27.0 Å². The van der Waals surface area contributed by atoms with Gasteiger partial charge in [-0.15, -0.1) is 0 Å². The lowest BCUT2D eigenvalue weighted by Gasteiger charge is -2.34. The molecule has 0 spiro atoms. The van der Waals surface area contributed by atoms with Crippen LogP contribution in [0, 0.1) is 13.8 Å². The van der Waals surface area contributed by atoms with Crippen LogP contribution in [0.2, 0.25) is 0 Å². The molecule has 0 N–H and O–H groups in total. The zero-order valence-corrected chi connectivity index (χ0v) is 16.7.